The van der Waals surface area contributed by atoms with Gasteiger partial charge in [-0.05, 0) is 70.1 Å². The van der Waals surface area contributed by atoms with E-state index in [4.69, 9.17) is 4.74 Å². The summed E-state index contributed by atoms with van der Waals surface area (Å²) >= 11 is 0. The van der Waals surface area contributed by atoms with Gasteiger partial charge in [0.15, 0.2) is 0 Å². The van der Waals surface area contributed by atoms with Gasteiger partial charge in [0.1, 0.15) is 11.2 Å². The number of fused-ring (bicyclic) bond motifs is 1. The van der Waals surface area contributed by atoms with E-state index in [-0.39, 0.29) is 12.1 Å². The molecule has 0 aliphatic heterocycles. The van der Waals surface area contributed by atoms with Crippen molar-refractivity contribution in [2.45, 2.75) is 64.0 Å². The Kier molecular flexibility index (Phi) is 4.52. The van der Waals surface area contributed by atoms with Gasteiger partial charge in [-0.3, -0.25) is 0 Å². The second kappa shape index (κ2) is 6.46. The molecule has 1 saturated carbocycles. The van der Waals surface area contributed by atoms with E-state index in [9.17, 15) is 4.79 Å². The van der Waals surface area contributed by atoms with Crippen LogP contribution < -0.4 is 5.32 Å². The minimum Gasteiger partial charge on any atom is -0.444 e. The summed E-state index contributed by atoms with van der Waals surface area (Å²) in [5, 5.41) is 4.26. The van der Waals surface area contributed by atoms with E-state index in [2.05, 4.69) is 34.2 Å². The van der Waals surface area contributed by atoms with Crippen molar-refractivity contribution in [2.24, 2.45) is 7.05 Å². The topological polar surface area (TPSA) is 56.2 Å². The molecule has 1 aliphatic carbocycles. The number of pyridine rings is 1. The smallest absolute Gasteiger partial charge is 0.407 e. The highest BCUT2D eigenvalue weighted by Gasteiger charge is 2.27. The van der Waals surface area contributed by atoms with E-state index >= 15 is 0 Å². The molecule has 0 radical (unpaired) electrons. The Hall–Kier alpha value is -2.04. The summed E-state index contributed by atoms with van der Waals surface area (Å²) in [6, 6.07) is 4.37. The highest BCUT2D eigenvalue weighted by atomic mass is 16.6. The summed E-state index contributed by atoms with van der Waals surface area (Å²) in [5.41, 5.74) is 1.98. The fourth-order valence-corrected chi connectivity index (χ4v) is 3.59. The average molecular weight is 329 g/mol. The molecule has 1 N–H and O–H groups in total. The van der Waals surface area contributed by atoms with Crippen molar-refractivity contribution in [1.29, 1.82) is 0 Å². The van der Waals surface area contributed by atoms with Gasteiger partial charge < -0.3 is 14.6 Å². The third kappa shape index (κ3) is 3.71. The number of ether oxygens (including phenoxy) is 1. The van der Waals surface area contributed by atoms with E-state index in [1.807, 2.05) is 33.0 Å². The number of amides is 1. The molecule has 0 saturated heterocycles. The van der Waals surface area contributed by atoms with Gasteiger partial charge in [-0.2, -0.15) is 0 Å². The Balaban J connectivity index is 1.62. The lowest BCUT2D eigenvalue weighted by molar-refractivity contribution is 0.0491. The molecule has 2 aromatic rings. The van der Waals surface area contributed by atoms with Crippen LogP contribution in [0.2, 0.25) is 0 Å². The highest BCUT2D eigenvalue weighted by Crippen LogP contribution is 2.36. The number of rotatable bonds is 2. The molecule has 5 heteroatoms. The van der Waals surface area contributed by atoms with E-state index in [0.29, 0.717) is 5.92 Å². The Morgan fingerprint density at radius 2 is 2.00 bits per heavy atom. The number of carbonyl (C=O) groups is 1. The SMILES string of the molecule is Cn1cc(C2CCC(NC(=O)OC(C)(C)C)CC2)c2cccnc21. The lowest BCUT2D eigenvalue weighted by Gasteiger charge is -2.30. The van der Waals surface area contributed by atoms with Crippen LogP contribution in [0.5, 0.6) is 0 Å². The zero-order valence-electron chi connectivity index (χ0n) is 15.0. The number of aryl methyl sites for hydroxylation is 1. The van der Waals surface area contributed by atoms with Crippen molar-refractivity contribution in [3.8, 4) is 0 Å². The summed E-state index contributed by atoms with van der Waals surface area (Å²) in [6.07, 6.45) is 7.88. The number of nitrogens with zero attached hydrogens (tertiary/aromatic N) is 2. The number of aromatic nitrogens is 2. The van der Waals surface area contributed by atoms with E-state index in [1.165, 1.54) is 10.9 Å². The number of carbonyl (C=O) groups excluding carboxylic acids is 1. The van der Waals surface area contributed by atoms with Gasteiger partial charge in [-0.15, -0.1) is 0 Å². The molecule has 0 unspecified atom stereocenters. The first-order valence-corrected chi connectivity index (χ1v) is 8.73. The van der Waals surface area contributed by atoms with E-state index in [0.717, 1.165) is 31.3 Å². The average Bonchev–Trinajstić information content (AvgIpc) is 2.84. The summed E-state index contributed by atoms with van der Waals surface area (Å²) < 4.78 is 7.46. The maximum atomic E-state index is 11.9. The molecule has 0 bridgehead atoms. The van der Waals surface area contributed by atoms with Crippen LogP contribution in [0.15, 0.2) is 24.5 Å². The van der Waals surface area contributed by atoms with Crippen molar-refractivity contribution in [2.75, 3.05) is 0 Å². The largest absolute Gasteiger partial charge is 0.444 e. The van der Waals surface area contributed by atoms with Crippen LogP contribution in [0.4, 0.5) is 4.79 Å². The zero-order chi connectivity index (χ0) is 17.3. The molecular weight excluding hydrogens is 302 g/mol. The maximum Gasteiger partial charge on any atom is 0.407 e. The van der Waals surface area contributed by atoms with Gasteiger partial charge in [0, 0.05) is 30.9 Å². The van der Waals surface area contributed by atoms with Crippen LogP contribution in [-0.4, -0.2) is 27.3 Å². The summed E-state index contributed by atoms with van der Waals surface area (Å²) in [7, 11) is 2.05. The predicted octanol–water partition coefficient (Wildman–Crippen LogP) is 4.12. The fourth-order valence-electron chi connectivity index (χ4n) is 3.59. The van der Waals surface area contributed by atoms with Crippen LogP contribution >= 0.6 is 0 Å². The monoisotopic (exact) mass is 329 g/mol. The quantitative estimate of drug-likeness (QED) is 0.901. The summed E-state index contributed by atoms with van der Waals surface area (Å²) in [5.74, 6) is 0.537. The minimum atomic E-state index is -0.447. The molecule has 0 spiro atoms. The summed E-state index contributed by atoms with van der Waals surface area (Å²) in [4.78, 5) is 16.4. The molecule has 3 rings (SSSR count). The Morgan fingerprint density at radius 3 is 2.67 bits per heavy atom. The van der Waals surface area contributed by atoms with Gasteiger partial charge in [0.2, 0.25) is 0 Å². The van der Waals surface area contributed by atoms with Gasteiger partial charge >= 0.3 is 6.09 Å². The lowest BCUT2D eigenvalue weighted by atomic mass is 9.82. The Labute approximate surface area is 143 Å². The molecule has 1 amide bonds. The molecule has 24 heavy (non-hydrogen) atoms. The third-order valence-electron chi connectivity index (χ3n) is 4.65. The first-order chi connectivity index (χ1) is 11.3. The molecule has 1 fully saturated rings. The standard InChI is InChI=1S/C19H27N3O2/c1-19(2,3)24-18(23)21-14-9-7-13(8-10-14)16-12-22(4)17-15(16)6-5-11-20-17/h5-6,11-14H,7-10H2,1-4H3,(H,21,23). The van der Waals surface area contributed by atoms with Crippen molar-refractivity contribution >= 4 is 17.1 Å². The number of nitrogens with one attached hydrogen (secondary N) is 1. The second-order valence-corrected chi connectivity index (χ2v) is 7.76. The zero-order valence-corrected chi connectivity index (χ0v) is 15.0. The van der Waals surface area contributed by atoms with Crippen molar-refractivity contribution in [3.63, 3.8) is 0 Å². The minimum absolute atomic E-state index is 0.212. The molecule has 1 aliphatic rings. The first-order valence-electron chi connectivity index (χ1n) is 8.73. The highest BCUT2D eigenvalue weighted by molar-refractivity contribution is 5.81. The normalized spacial score (nSPS) is 21.7. The fraction of sp³-hybridized carbons (Fsp3) is 0.579. The Morgan fingerprint density at radius 1 is 1.29 bits per heavy atom. The van der Waals surface area contributed by atoms with Crippen molar-refractivity contribution in [1.82, 2.24) is 14.9 Å². The third-order valence-corrected chi connectivity index (χ3v) is 4.65. The molecule has 130 valence electrons. The van der Waals surface area contributed by atoms with Crippen LogP contribution in [0.1, 0.15) is 57.9 Å². The molecule has 0 atom stereocenters. The van der Waals surface area contributed by atoms with Crippen LogP contribution in [0.3, 0.4) is 0 Å². The van der Waals surface area contributed by atoms with Crippen molar-refractivity contribution < 1.29 is 9.53 Å². The Bertz CT molecular complexity index is 722. The van der Waals surface area contributed by atoms with Crippen LogP contribution in [0, 0.1) is 0 Å². The second-order valence-electron chi connectivity index (χ2n) is 7.76. The van der Waals surface area contributed by atoms with E-state index in [1.54, 1.807) is 0 Å². The molecule has 0 aromatic carbocycles. The molecular formula is C19H27N3O2. The lowest BCUT2D eigenvalue weighted by Crippen LogP contribution is -2.40. The predicted molar refractivity (Wildman–Crippen MR) is 95.1 cm³/mol. The van der Waals surface area contributed by atoms with Gasteiger partial charge in [-0.1, -0.05) is 0 Å². The van der Waals surface area contributed by atoms with Gasteiger partial charge in [0.05, 0.1) is 0 Å². The number of hydrogen-bond donors (Lipinski definition) is 1. The van der Waals surface area contributed by atoms with E-state index < -0.39 is 5.60 Å². The summed E-state index contributed by atoms with van der Waals surface area (Å²) in [6.45, 7) is 5.66. The molecule has 2 aromatic heterocycles. The van der Waals surface area contributed by atoms with Crippen LogP contribution in [-0.2, 0) is 11.8 Å². The maximum absolute atomic E-state index is 11.9. The number of alkyl carbamates (subject to hydrolysis) is 1. The number of hydrogen-bond acceptors (Lipinski definition) is 3. The first kappa shape index (κ1) is 16.8. The van der Waals surface area contributed by atoms with Gasteiger partial charge in [0.25, 0.3) is 0 Å². The molecule has 5 nitrogen and oxygen atoms in total. The van der Waals surface area contributed by atoms with Gasteiger partial charge in [-0.25, -0.2) is 9.78 Å². The van der Waals surface area contributed by atoms with Crippen LogP contribution in [0.25, 0.3) is 11.0 Å². The van der Waals surface area contributed by atoms with Crippen molar-refractivity contribution in [3.05, 3.63) is 30.1 Å². The molecule has 2 heterocycles.